The molecule has 0 aliphatic heterocycles. The summed E-state index contributed by atoms with van der Waals surface area (Å²) in [6.45, 7) is 0.921. The van der Waals surface area contributed by atoms with Crippen molar-refractivity contribution in [2.45, 2.75) is 0 Å². The lowest BCUT2D eigenvalue weighted by Gasteiger charge is -2.21. The van der Waals surface area contributed by atoms with Crippen LogP contribution < -0.4 is 0 Å². The summed E-state index contributed by atoms with van der Waals surface area (Å²) in [7, 11) is 3.05. The second kappa shape index (κ2) is 7.72. The monoisotopic (exact) mass is 306 g/mol. The number of hydrogen-bond donors (Lipinski definition) is 0. The number of carbonyl (C=O) groups is 2. The van der Waals surface area contributed by atoms with Crippen LogP contribution >= 0.6 is 0 Å². The van der Waals surface area contributed by atoms with E-state index in [1.807, 2.05) is 0 Å². The summed E-state index contributed by atoms with van der Waals surface area (Å²) in [6, 6.07) is 6.60. The van der Waals surface area contributed by atoms with Crippen molar-refractivity contribution in [3.63, 3.8) is 0 Å². The highest BCUT2D eigenvalue weighted by molar-refractivity contribution is 6.25. The average molecular weight is 306 g/mol. The number of Topliss-reactive ketones (excluding diaryl/α,β-unsaturated/α-hetero) is 2. The first-order valence-corrected chi connectivity index (χ1v) is 6.87. The maximum atomic E-state index is 12.5. The van der Waals surface area contributed by atoms with E-state index in [-0.39, 0.29) is 36.3 Å². The van der Waals surface area contributed by atoms with Crippen LogP contribution in [0.25, 0.3) is 0 Å². The van der Waals surface area contributed by atoms with Gasteiger partial charge in [0.15, 0.2) is 0 Å². The Morgan fingerprint density at radius 1 is 0.727 bits per heavy atom. The normalized spacial score (nSPS) is 14.1. The van der Waals surface area contributed by atoms with E-state index in [0.29, 0.717) is 24.3 Å². The van der Waals surface area contributed by atoms with Gasteiger partial charge in [-0.25, -0.2) is 0 Å². The van der Waals surface area contributed by atoms with Gasteiger partial charge in [0.1, 0.15) is 13.2 Å². The first-order valence-electron chi connectivity index (χ1n) is 6.87. The number of benzene rings is 1. The van der Waals surface area contributed by atoms with Gasteiger partial charge in [-0.2, -0.15) is 0 Å². The lowest BCUT2D eigenvalue weighted by Crippen LogP contribution is -2.26. The van der Waals surface area contributed by atoms with Gasteiger partial charge in [-0.05, 0) is 0 Å². The Bertz CT molecular complexity index is 539. The smallest absolute Gasteiger partial charge is 0.232 e. The second-order valence-electron chi connectivity index (χ2n) is 4.54. The molecular weight excluding hydrogens is 288 g/mol. The zero-order chi connectivity index (χ0) is 15.9. The summed E-state index contributed by atoms with van der Waals surface area (Å²) in [6.07, 6.45) is 0. The molecule has 1 aliphatic carbocycles. The number of ether oxygens (including phenoxy) is 4. The zero-order valence-corrected chi connectivity index (χ0v) is 12.6. The largest absolute Gasteiger partial charge is 0.484 e. The second-order valence-corrected chi connectivity index (χ2v) is 4.54. The predicted molar refractivity (Wildman–Crippen MR) is 77.8 cm³/mol. The molecular formula is C16H18O6. The summed E-state index contributed by atoms with van der Waals surface area (Å²) >= 11 is 0. The van der Waals surface area contributed by atoms with Gasteiger partial charge in [0.25, 0.3) is 0 Å². The minimum Gasteiger partial charge on any atom is -0.484 e. The molecule has 1 aromatic rings. The average Bonchev–Trinajstić information content (AvgIpc) is 2.54. The number of rotatable bonds is 8. The number of ketones is 2. The Hall–Kier alpha value is -2.18. The van der Waals surface area contributed by atoms with E-state index in [1.54, 1.807) is 24.3 Å². The van der Waals surface area contributed by atoms with Crippen molar-refractivity contribution in [1.82, 2.24) is 0 Å². The van der Waals surface area contributed by atoms with Crippen molar-refractivity contribution in [3.05, 3.63) is 46.9 Å². The van der Waals surface area contributed by atoms with Gasteiger partial charge in [-0.15, -0.1) is 0 Å². The molecule has 2 rings (SSSR count). The number of allylic oxidation sites excluding steroid dienone is 2. The van der Waals surface area contributed by atoms with Crippen LogP contribution in [0.15, 0.2) is 35.8 Å². The van der Waals surface area contributed by atoms with Crippen molar-refractivity contribution < 1.29 is 28.5 Å². The van der Waals surface area contributed by atoms with Crippen LogP contribution in [-0.2, 0) is 18.9 Å². The summed E-state index contributed by atoms with van der Waals surface area (Å²) in [4.78, 5) is 25.0. The molecule has 0 unspecified atom stereocenters. The fourth-order valence-corrected chi connectivity index (χ4v) is 2.05. The van der Waals surface area contributed by atoms with Crippen LogP contribution in [0, 0.1) is 0 Å². The minimum absolute atomic E-state index is 0.0724. The molecule has 0 saturated carbocycles. The van der Waals surface area contributed by atoms with Crippen molar-refractivity contribution in [1.29, 1.82) is 0 Å². The van der Waals surface area contributed by atoms with Crippen LogP contribution in [0.5, 0.6) is 0 Å². The fraction of sp³-hybridized carbons (Fsp3) is 0.375. The van der Waals surface area contributed by atoms with Gasteiger partial charge in [0.2, 0.25) is 23.1 Å². The summed E-state index contributed by atoms with van der Waals surface area (Å²) in [5.74, 6) is -0.869. The summed E-state index contributed by atoms with van der Waals surface area (Å²) in [5, 5.41) is 0. The van der Waals surface area contributed by atoms with Gasteiger partial charge in [-0.1, -0.05) is 24.3 Å². The van der Waals surface area contributed by atoms with E-state index >= 15 is 0 Å². The highest BCUT2D eigenvalue weighted by Gasteiger charge is 2.35. The van der Waals surface area contributed by atoms with Crippen LogP contribution in [0.4, 0.5) is 0 Å². The molecule has 1 aliphatic rings. The lowest BCUT2D eigenvalue weighted by molar-refractivity contribution is 0.0583. The summed E-state index contributed by atoms with van der Waals surface area (Å²) in [5.41, 5.74) is 0.637. The molecule has 22 heavy (non-hydrogen) atoms. The quantitative estimate of drug-likeness (QED) is 0.679. The molecule has 0 amide bonds. The third-order valence-corrected chi connectivity index (χ3v) is 3.10. The third kappa shape index (κ3) is 3.35. The van der Waals surface area contributed by atoms with Crippen molar-refractivity contribution in [3.8, 4) is 0 Å². The van der Waals surface area contributed by atoms with Gasteiger partial charge < -0.3 is 18.9 Å². The van der Waals surface area contributed by atoms with E-state index in [9.17, 15) is 9.59 Å². The minimum atomic E-state index is -0.362. The molecule has 0 radical (unpaired) electrons. The Balaban J connectivity index is 2.32. The molecule has 0 atom stereocenters. The van der Waals surface area contributed by atoms with Gasteiger partial charge >= 0.3 is 0 Å². The molecule has 0 heterocycles. The van der Waals surface area contributed by atoms with E-state index < -0.39 is 0 Å². The molecule has 0 fully saturated rings. The number of methoxy groups -OCH3 is 2. The molecule has 0 spiro atoms. The predicted octanol–water partition coefficient (Wildman–Crippen LogP) is 1.60. The Morgan fingerprint density at radius 3 is 1.50 bits per heavy atom. The van der Waals surface area contributed by atoms with E-state index in [2.05, 4.69) is 0 Å². The van der Waals surface area contributed by atoms with Crippen LogP contribution in [0.3, 0.4) is 0 Å². The number of hydrogen-bond acceptors (Lipinski definition) is 6. The highest BCUT2D eigenvalue weighted by atomic mass is 16.6. The van der Waals surface area contributed by atoms with Crippen molar-refractivity contribution in [2.24, 2.45) is 0 Å². The lowest BCUT2D eigenvalue weighted by atomic mass is 9.92. The standard InChI is InChI=1S/C16H18O6/c1-19-7-9-21-15-13(17)11-5-3-4-6-12(11)14(18)16(15)22-10-8-20-2/h3-6H,7-10H2,1-2H3. The molecule has 0 bridgehead atoms. The SMILES string of the molecule is COCCOC1=C(OCCOC)C(=O)c2ccccc2C1=O. The molecule has 1 aromatic carbocycles. The van der Waals surface area contributed by atoms with E-state index in [1.165, 1.54) is 14.2 Å². The molecule has 6 nitrogen and oxygen atoms in total. The fourth-order valence-electron chi connectivity index (χ4n) is 2.05. The molecule has 118 valence electrons. The first-order chi connectivity index (χ1) is 10.7. The molecule has 0 saturated heterocycles. The Kier molecular flexibility index (Phi) is 5.68. The van der Waals surface area contributed by atoms with Crippen molar-refractivity contribution in [2.75, 3.05) is 40.6 Å². The molecule has 6 heteroatoms. The van der Waals surface area contributed by atoms with Gasteiger partial charge in [-0.3, -0.25) is 9.59 Å². The highest BCUT2D eigenvalue weighted by Crippen LogP contribution is 2.27. The van der Waals surface area contributed by atoms with E-state index in [4.69, 9.17) is 18.9 Å². The number of fused-ring (bicyclic) bond motifs is 1. The van der Waals surface area contributed by atoms with Crippen LogP contribution in [0.2, 0.25) is 0 Å². The van der Waals surface area contributed by atoms with Gasteiger partial charge in [0.05, 0.1) is 13.2 Å². The Morgan fingerprint density at radius 2 is 1.14 bits per heavy atom. The third-order valence-electron chi connectivity index (χ3n) is 3.10. The topological polar surface area (TPSA) is 71.1 Å². The molecule has 0 N–H and O–H groups in total. The molecule has 0 aromatic heterocycles. The van der Waals surface area contributed by atoms with E-state index in [0.717, 1.165) is 0 Å². The Labute approximate surface area is 128 Å². The number of carbonyl (C=O) groups excluding carboxylic acids is 2. The van der Waals surface area contributed by atoms with Crippen molar-refractivity contribution >= 4 is 11.6 Å². The zero-order valence-electron chi connectivity index (χ0n) is 12.6. The first kappa shape index (κ1) is 16.2. The van der Waals surface area contributed by atoms with Crippen LogP contribution in [0.1, 0.15) is 20.7 Å². The maximum absolute atomic E-state index is 12.5. The van der Waals surface area contributed by atoms with Crippen LogP contribution in [-0.4, -0.2) is 52.2 Å². The van der Waals surface area contributed by atoms with Gasteiger partial charge in [0, 0.05) is 25.3 Å². The summed E-state index contributed by atoms with van der Waals surface area (Å²) < 4.78 is 20.6. The maximum Gasteiger partial charge on any atom is 0.232 e.